The number of nitrogens with zero attached hydrogens (tertiary/aromatic N) is 4. The lowest BCUT2D eigenvalue weighted by Gasteiger charge is -2.35. The normalized spacial score (nSPS) is 19.1. The maximum absolute atomic E-state index is 12.3. The van der Waals surface area contributed by atoms with E-state index in [0.717, 1.165) is 32.7 Å². The molecule has 2 atom stereocenters. The molecule has 2 rings (SSSR count). The Kier molecular flexibility index (Phi) is 6.33. The molecular formula is C15H27N5O2. The summed E-state index contributed by atoms with van der Waals surface area (Å²) in [6.07, 6.45) is 4.08. The first-order chi connectivity index (χ1) is 10.6. The zero-order valence-corrected chi connectivity index (χ0v) is 13.7. The van der Waals surface area contributed by atoms with E-state index in [1.54, 1.807) is 11.0 Å². The molecule has 0 aliphatic carbocycles. The smallest absolute Gasteiger partial charge is 0.244 e. The van der Waals surface area contributed by atoms with Gasteiger partial charge in [0.1, 0.15) is 18.7 Å². The molecule has 7 heteroatoms. The maximum atomic E-state index is 12.3. The summed E-state index contributed by atoms with van der Waals surface area (Å²) >= 11 is 0. The van der Waals surface area contributed by atoms with E-state index in [2.05, 4.69) is 34.1 Å². The van der Waals surface area contributed by atoms with Crippen LogP contribution in [0.3, 0.4) is 0 Å². The zero-order chi connectivity index (χ0) is 15.9. The van der Waals surface area contributed by atoms with Crippen LogP contribution in [-0.4, -0.2) is 64.5 Å². The van der Waals surface area contributed by atoms with Gasteiger partial charge in [0, 0.05) is 25.7 Å². The van der Waals surface area contributed by atoms with E-state index in [1.165, 1.54) is 6.33 Å². The highest BCUT2D eigenvalue weighted by Crippen LogP contribution is 2.13. The van der Waals surface area contributed by atoms with Gasteiger partial charge in [0.05, 0.1) is 13.2 Å². The third-order valence-electron chi connectivity index (χ3n) is 4.03. The molecule has 124 valence electrons. The molecule has 1 aliphatic heterocycles. The summed E-state index contributed by atoms with van der Waals surface area (Å²) in [5, 5.41) is 7.08. The minimum Gasteiger partial charge on any atom is -0.379 e. The van der Waals surface area contributed by atoms with Crippen LogP contribution in [0.15, 0.2) is 12.7 Å². The van der Waals surface area contributed by atoms with E-state index in [-0.39, 0.29) is 11.9 Å². The Morgan fingerprint density at radius 3 is 2.64 bits per heavy atom. The van der Waals surface area contributed by atoms with Gasteiger partial charge in [-0.1, -0.05) is 13.8 Å². The molecule has 0 unspecified atom stereocenters. The molecule has 1 fully saturated rings. The van der Waals surface area contributed by atoms with Crippen LogP contribution in [0, 0.1) is 5.92 Å². The van der Waals surface area contributed by atoms with Gasteiger partial charge in [-0.25, -0.2) is 9.67 Å². The standard InChI is InChI=1S/C15H27N5O2/c1-12(2)8-14(19-4-6-22-7-5-19)9-17-15(21)13(3)20-11-16-10-18-20/h10-14H,4-9H2,1-3H3,(H,17,21)/t13-,14-/m0/s1. The number of amides is 1. The molecule has 1 saturated heterocycles. The van der Waals surface area contributed by atoms with Crippen LogP contribution in [0.4, 0.5) is 0 Å². The van der Waals surface area contributed by atoms with Crippen molar-refractivity contribution in [3.8, 4) is 0 Å². The fourth-order valence-electron chi connectivity index (χ4n) is 2.75. The molecule has 22 heavy (non-hydrogen) atoms. The number of ether oxygens (including phenoxy) is 1. The van der Waals surface area contributed by atoms with Gasteiger partial charge in [0.25, 0.3) is 0 Å². The predicted octanol–water partition coefficient (Wildman–Crippen LogP) is 0.702. The summed E-state index contributed by atoms with van der Waals surface area (Å²) in [5.41, 5.74) is 0. The second kappa shape index (κ2) is 8.24. The number of nitrogens with one attached hydrogen (secondary N) is 1. The minimum atomic E-state index is -0.341. The van der Waals surface area contributed by atoms with Crippen molar-refractivity contribution in [2.75, 3.05) is 32.8 Å². The van der Waals surface area contributed by atoms with Crippen LogP contribution in [0.25, 0.3) is 0 Å². The van der Waals surface area contributed by atoms with Crippen molar-refractivity contribution >= 4 is 5.91 Å². The monoisotopic (exact) mass is 309 g/mol. The van der Waals surface area contributed by atoms with Crippen LogP contribution in [0.1, 0.15) is 33.2 Å². The number of hydrogen-bond acceptors (Lipinski definition) is 5. The lowest BCUT2D eigenvalue weighted by molar-refractivity contribution is -0.124. The van der Waals surface area contributed by atoms with Crippen LogP contribution >= 0.6 is 0 Å². The van der Waals surface area contributed by atoms with Gasteiger partial charge in [-0.3, -0.25) is 9.69 Å². The highest BCUT2D eigenvalue weighted by atomic mass is 16.5. The van der Waals surface area contributed by atoms with Gasteiger partial charge >= 0.3 is 0 Å². The van der Waals surface area contributed by atoms with Crippen molar-refractivity contribution in [3.05, 3.63) is 12.7 Å². The van der Waals surface area contributed by atoms with E-state index in [0.29, 0.717) is 18.5 Å². The summed E-state index contributed by atoms with van der Waals surface area (Å²) in [5.74, 6) is 0.574. The fourth-order valence-corrected chi connectivity index (χ4v) is 2.75. The quantitative estimate of drug-likeness (QED) is 0.803. The van der Waals surface area contributed by atoms with E-state index in [9.17, 15) is 4.79 Å². The topological polar surface area (TPSA) is 72.3 Å². The minimum absolute atomic E-state index is 0.0208. The van der Waals surface area contributed by atoms with E-state index in [1.807, 2.05) is 6.92 Å². The molecule has 1 aromatic rings. The lowest BCUT2D eigenvalue weighted by atomic mass is 10.0. The molecule has 0 radical (unpaired) electrons. The van der Waals surface area contributed by atoms with Crippen LogP contribution in [-0.2, 0) is 9.53 Å². The number of rotatable bonds is 7. The third kappa shape index (κ3) is 4.78. The average molecular weight is 309 g/mol. The molecule has 2 heterocycles. The summed E-state index contributed by atoms with van der Waals surface area (Å²) in [6, 6.07) is 0.0164. The molecule has 1 aliphatic rings. The average Bonchev–Trinajstić information content (AvgIpc) is 3.05. The Morgan fingerprint density at radius 1 is 1.32 bits per heavy atom. The molecule has 0 aromatic carbocycles. The van der Waals surface area contributed by atoms with E-state index < -0.39 is 0 Å². The van der Waals surface area contributed by atoms with Gasteiger partial charge in [0.15, 0.2) is 0 Å². The fraction of sp³-hybridized carbons (Fsp3) is 0.800. The molecule has 0 spiro atoms. The Labute approximate surface area is 132 Å². The number of morpholine rings is 1. The summed E-state index contributed by atoms with van der Waals surface area (Å²) < 4.78 is 6.99. The maximum Gasteiger partial charge on any atom is 0.244 e. The molecule has 1 amide bonds. The van der Waals surface area contributed by atoms with Crippen molar-refractivity contribution in [2.24, 2.45) is 5.92 Å². The van der Waals surface area contributed by atoms with Gasteiger partial charge in [-0.05, 0) is 19.3 Å². The summed E-state index contributed by atoms with van der Waals surface area (Å²) in [6.45, 7) is 10.3. The molecule has 1 N–H and O–H groups in total. The molecule has 0 bridgehead atoms. The molecular weight excluding hydrogens is 282 g/mol. The van der Waals surface area contributed by atoms with Gasteiger partial charge in [-0.15, -0.1) is 0 Å². The number of aromatic nitrogens is 3. The zero-order valence-electron chi connectivity index (χ0n) is 13.7. The van der Waals surface area contributed by atoms with Crippen molar-refractivity contribution in [1.29, 1.82) is 0 Å². The number of hydrogen-bond donors (Lipinski definition) is 1. The molecule has 7 nitrogen and oxygen atoms in total. The Balaban J connectivity index is 1.88. The van der Waals surface area contributed by atoms with Gasteiger partial charge in [-0.2, -0.15) is 5.10 Å². The SMILES string of the molecule is CC(C)C[C@@H](CNC(=O)[C@H](C)n1cncn1)N1CCOCC1. The van der Waals surface area contributed by atoms with Crippen LogP contribution in [0.5, 0.6) is 0 Å². The second-order valence-electron chi connectivity index (χ2n) is 6.23. The second-order valence-corrected chi connectivity index (χ2v) is 6.23. The first-order valence-corrected chi connectivity index (χ1v) is 8.01. The van der Waals surface area contributed by atoms with Crippen LogP contribution in [0.2, 0.25) is 0 Å². The number of carbonyl (C=O) groups is 1. The Hall–Kier alpha value is -1.47. The van der Waals surface area contributed by atoms with Crippen molar-refractivity contribution in [3.63, 3.8) is 0 Å². The summed E-state index contributed by atoms with van der Waals surface area (Å²) in [7, 11) is 0. The van der Waals surface area contributed by atoms with Gasteiger partial charge in [0.2, 0.25) is 5.91 Å². The third-order valence-corrected chi connectivity index (χ3v) is 4.03. The predicted molar refractivity (Wildman–Crippen MR) is 83.4 cm³/mol. The number of carbonyl (C=O) groups excluding carboxylic acids is 1. The highest BCUT2D eigenvalue weighted by molar-refractivity contribution is 5.79. The molecule has 1 aromatic heterocycles. The lowest BCUT2D eigenvalue weighted by Crippen LogP contribution is -2.50. The van der Waals surface area contributed by atoms with E-state index >= 15 is 0 Å². The summed E-state index contributed by atoms with van der Waals surface area (Å²) in [4.78, 5) is 18.6. The van der Waals surface area contributed by atoms with Gasteiger partial charge < -0.3 is 10.1 Å². The highest BCUT2D eigenvalue weighted by Gasteiger charge is 2.23. The van der Waals surface area contributed by atoms with Crippen molar-refractivity contribution in [2.45, 2.75) is 39.3 Å². The van der Waals surface area contributed by atoms with Crippen molar-refractivity contribution < 1.29 is 9.53 Å². The first-order valence-electron chi connectivity index (χ1n) is 8.01. The Bertz CT molecular complexity index is 443. The first kappa shape index (κ1) is 16.9. The molecule has 0 saturated carbocycles. The Morgan fingerprint density at radius 2 is 2.05 bits per heavy atom. The van der Waals surface area contributed by atoms with E-state index in [4.69, 9.17) is 4.74 Å². The van der Waals surface area contributed by atoms with Crippen LogP contribution < -0.4 is 5.32 Å². The van der Waals surface area contributed by atoms with Crippen molar-refractivity contribution in [1.82, 2.24) is 25.0 Å². The largest absolute Gasteiger partial charge is 0.379 e.